The molecule has 1 saturated carbocycles. The Morgan fingerprint density at radius 3 is 2.45 bits per heavy atom. The minimum Gasteiger partial charge on any atom is -0.349 e. The minimum absolute atomic E-state index is 0.0648. The molecule has 1 aliphatic carbocycles. The van der Waals surface area contributed by atoms with Crippen LogP contribution in [0.3, 0.4) is 0 Å². The van der Waals surface area contributed by atoms with Crippen molar-refractivity contribution in [3.63, 3.8) is 0 Å². The highest BCUT2D eigenvalue weighted by molar-refractivity contribution is 6.09. The lowest BCUT2D eigenvalue weighted by Crippen LogP contribution is -2.55. The molecule has 8 heteroatoms. The van der Waals surface area contributed by atoms with E-state index in [0.717, 1.165) is 40.6 Å². The monoisotopic (exact) mass is 541 g/mol. The maximum Gasteiger partial charge on any atom is 0.324 e. The van der Waals surface area contributed by atoms with Gasteiger partial charge in [0, 0.05) is 48.7 Å². The van der Waals surface area contributed by atoms with Crippen LogP contribution < -0.4 is 10.6 Å². The topological polar surface area (TPSA) is 94.6 Å². The van der Waals surface area contributed by atoms with Gasteiger partial charge in [0.25, 0.3) is 5.91 Å². The average Bonchev–Trinajstić information content (AvgIpc) is 2.97. The van der Waals surface area contributed by atoms with E-state index in [1.807, 2.05) is 66.4 Å². The zero-order valence-electron chi connectivity index (χ0n) is 23.5. The summed E-state index contributed by atoms with van der Waals surface area (Å²) in [6.45, 7) is 5.70. The van der Waals surface area contributed by atoms with Gasteiger partial charge in [-0.2, -0.15) is 0 Å². The van der Waals surface area contributed by atoms with E-state index in [9.17, 15) is 14.4 Å². The number of urea groups is 1. The molecule has 0 spiro atoms. The molecular formula is C32H39N5O3. The second-order valence-electron chi connectivity index (χ2n) is 10.9. The predicted octanol–water partition coefficient (Wildman–Crippen LogP) is 4.97. The standard InChI is InChI=1S/C32H39N5O3/c1-3-33-32(40)37-19-18-36(21-28(37)38)20-26-29(31(39)34-22(2)23-12-6-4-7-13-23)25-16-10-11-17-27(25)35-30(26)24-14-8-5-9-15-24/h5,8-11,14-17,22-23H,3-4,6-7,12-13,18-21H2,1-2H3,(H,33,40)(H,34,39)/t22-/m0/s1. The zero-order valence-corrected chi connectivity index (χ0v) is 23.5. The molecule has 1 aliphatic heterocycles. The average molecular weight is 542 g/mol. The van der Waals surface area contributed by atoms with Crippen molar-refractivity contribution in [3.8, 4) is 11.3 Å². The van der Waals surface area contributed by atoms with Crippen molar-refractivity contribution in [2.24, 2.45) is 5.92 Å². The van der Waals surface area contributed by atoms with Gasteiger partial charge in [0.05, 0.1) is 23.3 Å². The normalized spacial score (nSPS) is 17.6. The first kappa shape index (κ1) is 27.8. The molecular weight excluding hydrogens is 502 g/mol. The number of nitrogens with one attached hydrogen (secondary N) is 2. The van der Waals surface area contributed by atoms with Gasteiger partial charge in [0.15, 0.2) is 0 Å². The van der Waals surface area contributed by atoms with Gasteiger partial charge < -0.3 is 10.6 Å². The summed E-state index contributed by atoms with van der Waals surface area (Å²) in [6.07, 6.45) is 5.96. The highest BCUT2D eigenvalue weighted by Crippen LogP contribution is 2.33. The number of piperazine rings is 1. The fraction of sp³-hybridized carbons (Fsp3) is 0.438. The summed E-state index contributed by atoms with van der Waals surface area (Å²) in [6, 6.07) is 17.4. The lowest BCUT2D eigenvalue weighted by molar-refractivity contribution is -0.132. The largest absolute Gasteiger partial charge is 0.349 e. The summed E-state index contributed by atoms with van der Waals surface area (Å²) >= 11 is 0. The van der Waals surface area contributed by atoms with Crippen LogP contribution in [0, 0.1) is 5.92 Å². The van der Waals surface area contributed by atoms with Crippen LogP contribution in [-0.2, 0) is 11.3 Å². The Bertz CT molecular complexity index is 1370. The number of fused-ring (bicyclic) bond motifs is 1. The van der Waals surface area contributed by atoms with Gasteiger partial charge in [-0.25, -0.2) is 9.78 Å². The van der Waals surface area contributed by atoms with Crippen LogP contribution >= 0.6 is 0 Å². The molecule has 40 heavy (non-hydrogen) atoms. The molecule has 2 aromatic carbocycles. The van der Waals surface area contributed by atoms with E-state index >= 15 is 0 Å². The number of pyridine rings is 1. The van der Waals surface area contributed by atoms with E-state index < -0.39 is 0 Å². The molecule has 3 aromatic rings. The highest BCUT2D eigenvalue weighted by Gasteiger charge is 2.31. The van der Waals surface area contributed by atoms with E-state index in [2.05, 4.69) is 17.6 Å². The molecule has 2 heterocycles. The molecule has 5 rings (SSSR count). The number of amides is 4. The maximum atomic E-state index is 14.1. The van der Waals surface area contributed by atoms with Crippen LogP contribution in [0.2, 0.25) is 0 Å². The van der Waals surface area contributed by atoms with Crippen LogP contribution in [-0.4, -0.2) is 64.9 Å². The molecule has 2 N–H and O–H groups in total. The summed E-state index contributed by atoms with van der Waals surface area (Å²) in [4.78, 5) is 47.8. The molecule has 4 amide bonds. The predicted molar refractivity (Wildman–Crippen MR) is 157 cm³/mol. The number of para-hydroxylation sites is 1. The molecule has 1 aromatic heterocycles. The van der Waals surface area contributed by atoms with Crippen molar-refractivity contribution >= 4 is 28.7 Å². The Hall–Kier alpha value is -3.78. The molecule has 0 unspecified atom stereocenters. The third-order valence-electron chi connectivity index (χ3n) is 8.24. The van der Waals surface area contributed by atoms with Gasteiger partial charge in [-0.15, -0.1) is 0 Å². The second kappa shape index (κ2) is 12.6. The van der Waals surface area contributed by atoms with Crippen LogP contribution in [0.25, 0.3) is 22.2 Å². The number of rotatable bonds is 7. The zero-order chi connectivity index (χ0) is 28.1. The number of aromatic nitrogens is 1. The van der Waals surface area contributed by atoms with Crippen molar-refractivity contribution in [1.82, 2.24) is 25.4 Å². The number of imide groups is 1. The number of hydrogen-bond donors (Lipinski definition) is 2. The number of carbonyl (C=O) groups excluding carboxylic acids is 3. The van der Waals surface area contributed by atoms with Gasteiger partial charge in [-0.05, 0) is 38.7 Å². The summed E-state index contributed by atoms with van der Waals surface area (Å²) < 4.78 is 0. The Kier molecular flexibility index (Phi) is 8.75. The SMILES string of the molecule is CCNC(=O)N1CCN(Cc2c(-c3ccccc3)nc3ccccc3c2C(=O)N[C@@H](C)C2CCCCC2)CC1=O. The Morgan fingerprint density at radius 1 is 1.00 bits per heavy atom. The number of benzene rings is 2. The Morgan fingerprint density at radius 2 is 1.73 bits per heavy atom. The molecule has 8 nitrogen and oxygen atoms in total. The fourth-order valence-corrected chi connectivity index (χ4v) is 6.07. The highest BCUT2D eigenvalue weighted by atomic mass is 16.2. The van der Waals surface area contributed by atoms with E-state index in [1.54, 1.807) is 0 Å². The lowest BCUT2D eigenvalue weighted by atomic mass is 9.84. The maximum absolute atomic E-state index is 14.1. The van der Waals surface area contributed by atoms with Crippen molar-refractivity contribution in [1.29, 1.82) is 0 Å². The van der Waals surface area contributed by atoms with Crippen molar-refractivity contribution in [3.05, 3.63) is 65.7 Å². The van der Waals surface area contributed by atoms with E-state index in [4.69, 9.17) is 4.98 Å². The van der Waals surface area contributed by atoms with Gasteiger partial charge >= 0.3 is 6.03 Å². The first-order valence-electron chi connectivity index (χ1n) is 14.5. The summed E-state index contributed by atoms with van der Waals surface area (Å²) in [5.74, 6) is 0.128. The van der Waals surface area contributed by atoms with Crippen molar-refractivity contribution in [2.75, 3.05) is 26.2 Å². The minimum atomic E-state index is -0.360. The second-order valence-corrected chi connectivity index (χ2v) is 10.9. The Balaban J connectivity index is 1.53. The number of carbonyl (C=O) groups is 3. The summed E-state index contributed by atoms with van der Waals surface area (Å²) in [5, 5.41) is 6.86. The van der Waals surface area contributed by atoms with Gasteiger partial charge in [0.1, 0.15) is 0 Å². The van der Waals surface area contributed by atoms with Gasteiger partial charge in [-0.1, -0.05) is 67.8 Å². The first-order chi connectivity index (χ1) is 19.5. The Labute approximate surface area is 236 Å². The molecule has 210 valence electrons. The van der Waals surface area contributed by atoms with Gasteiger partial charge in [0.2, 0.25) is 5.91 Å². The molecule has 0 radical (unpaired) electrons. The smallest absolute Gasteiger partial charge is 0.324 e. The third-order valence-corrected chi connectivity index (χ3v) is 8.24. The fourth-order valence-electron chi connectivity index (χ4n) is 6.07. The van der Waals surface area contributed by atoms with Crippen molar-refractivity contribution in [2.45, 2.75) is 58.5 Å². The van der Waals surface area contributed by atoms with E-state index in [1.165, 1.54) is 24.2 Å². The lowest BCUT2D eigenvalue weighted by Gasteiger charge is -2.34. The number of hydrogen-bond acceptors (Lipinski definition) is 5. The summed E-state index contributed by atoms with van der Waals surface area (Å²) in [5.41, 5.74) is 3.85. The van der Waals surface area contributed by atoms with Crippen LogP contribution in [0.1, 0.15) is 61.9 Å². The molecule has 2 aliphatic rings. The van der Waals surface area contributed by atoms with Gasteiger partial charge in [-0.3, -0.25) is 19.4 Å². The van der Waals surface area contributed by atoms with Crippen LogP contribution in [0.5, 0.6) is 0 Å². The third kappa shape index (κ3) is 6.02. The van der Waals surface area contributed by atoms with Crippen LogP contribution in [0.15, 0.2) is 54.6 Å². The van der Waals surface area contributed by atoms with E-state index in [0.29, 0.717) is 37.7 Å². The van der Waals surface area contributed by atoms with E-state index in [-0.39, 0.29) is 30.4 Å². The van der Waals surface area contributed by atoms with Crippen molar-refractivity contribution < 1.29 is 14.4 Å². The molecule has 1 atom stereocenters. The molecule has 1 saturated heterocycles. The number of nitrogens with zero attached hydrogens (tertiary/aromatic N) is 3. The summed E-state index contributed by atoms with van der Waals surface area (Å²) in [7, 11) is 0. The van der Waals surface area contributed by atoms with Crippen LogP contribution in [0.4, 0.5) is 4.79 Å². The first-order valence-corrected chi connectivity index (χ1v) is 14.5. The molecule has 2 fully saturated rings. The quantitative estimate of drug-likeness (QED) is 0.440. The molecule has 0 bridgehead atoms.